The van der Waals surface area contributed by atoms with Crippen LogP contribution in [0.15, 0.2) is 54.9 Å². The van der Waals surface area contributed by atoms with Crippen molar-refractivity contribution in [3.05, 3.63) is 60.4 Å². The number of hydrogen-bond donors (Lipinski definition) is 1. The van der Waals surface area contributed by atoms with Crippen LogP contribution in [0.25, 0.3) is 5.69 Å². The van der Waals surface area contributed by atoms with Gasteiger partial charge in [0.25, 0.3) is 5.91 Å². The van der Waals surface area contributed by atoms with Crippen molar-refractivity contribution in [1.29, 1.82) is 0 Å². The second kappa shape index (κ2) is 6.69. The summed E-state index contributed by atoms with van der Waals surface area (Å²) in [6.07, 6.45) is 1.48. The number of nitrogens with one attached hydrogen (secondary N) is 1. The molecule has 0 fully saturated rings. The molecule has 1 aromatic heterocycles. The van der Waals surface area contributed by atoms with Crippen LogP contribution < -0.4 is 10.1 Å². The lowest BCUT2D eigenvalue weighted by Gasteiger charge is -2.07. The van der Waals surface area contributed by atoms with Crippen LogP contribution in [0.1, 0.15) is 17.3 Å². The SMILES string of the molecule is CC(=O)Oc1ccc(C(=O)Nc2ccc(-n3cnnn3)cc2)cc1. The highest BCUT2D eigenvalue weighted by atomic mass is 16.5. The molecule has 8 nitrogen and oxygen atoms in total. The third kappa shape index (κ3) is 3.61. The summed E-state index contributed by atoms with van der Waals surface area (Å²) >= 11 is 0. The highest BCUT2D eigenvalue weighted by molar-refractivity contribution is 6.04. The van der Waals surface area contributed by atoms with Gasteiger partial charge in [0.05, 0.1) is 5.69 Å². The van der Waals surface area contributed by atoms with E-state index >= 15 is 0 Å². The molecule has 0 aliphatic rings. The molecule has 8 heteroatoms. The summed E-state index contributed by atoms with van der Waals surface area (Å²) in [5, 5.41) is 13.7. The van der Waals surface area contributed by atoms with Gasteiger partial charge < -0.3 is 10.1 Å². The van der Waals surface area contributed by atoms with Gasteiger partial charge in [-0.15, -0.1) is 5.10 Å². The molecule has 0 bridgehead atoms. The van der Waals surface area contributed by atoms with Crippen molar-refractivity contribution >= 4 is 17.6 Å². The summed E-state index contributed by atoms with van der Waals surface area (Å²) in [5.41, 5.74) is 1.88. The van der Waals surface area contributed by atoms with Gasteiger partial charge in [-0.05, 0) is 59.0 Å². The highest BCUT2D eigenvalue weighted by Gasteiger charge is 2.07. The van der Waals surface area contributed by atoms with E-state index in [1.807, 2.05) is 0 Å². The summed E-state index contributed by atoms with van der Waals surface area (Å²) < 4.78 is 6.44. The van der Waals surface area contributed by atoms with Crippen LogP contribution in [0, 0.1) is 0 Å². The Morgan fingerprint density at radius 3 is 2.33 bits per heavy atom. The van der Waals surface area contributed by atoms with Crippen molar-refractivity contribution in [3.63, 3.8) is 0 Å². The molecular formula is C16H13N5O3. The smallest absolute Gasteiger partial charge is 0.308 e. The number of esters is 1. The van der Waals surface area contributed by atoms with Crippen molar-refractivity contribution in [3.8, 4) is 11.4 Å². The second-order valence-corrected chi connectivity index (χ2v) is 4.87. The monoisotopic (exact) mass is 323 g/mol. The van der Waals surface area contributed by atoms with Gasteiger partial charge in [0.1, 0.15) is 12.1 Å². The van der Waals surface area contributed by atoms with Crippen LogP contribution in [0.5, 0.6) is 5.75 Å². The second-order valence-electron chi connectivity index (χ2n) is 4.87. The maximum absolute atomic E-state index is 12.2. The number of amides is 1. The van der Waals surface area contributed by atoms with E-state index in [4.69, 9.17) is 4.74 Å². The van der Waals surface area contributed by atoms with E-state index < -0.39 is 5.97 Å². The van der Waals surface area contributed by atoms with Crippen LogP contribution in [-0.2, 0) is 4.79 Å². The molecule has 1 heterocycles. The molecule has 0 saturated carbocycles. The summed E-state index contributed by atoms with van der Waals surface area (Å²) in [5.74, 6) is -0.278. The molecule has 0 aliphatic heterocycles. The number of carbonyl (C=O) groups is 2. The first-order valence-electron chi connectivity index (χ1n) is 7.05. The topological polar surface area (TPSA) is 99.0 Å². The first-order chi connectivity index (χ1) is 11.6. The summed E-state index contributed by atoms with van der Waals surface area (Å²) in [7, 11) is 0. The average Bonchev–Trinajstić information content (AvgIpc) is 3.10. The molecule has 1 amide bonds. The quantitative estimate of drug-likeness (QED) is 0.581. The van der Waals surface area contributed by atoms with Crippen LogP contribution in [0.3, 0.4) is 0 Å². The fourth-order valence-electron chi connectivity index (χ4n) is 2.02. The summed E-state index contributed by atoms with van der Waals surface area (Å²) in [4.78, 5) is 23.1. The number of aromatic nitrogens is 4. The lowest BCUT2D eigenvalue weighted by molar-refractivity contribution is -0.131. The van der Waals surface area contributed by atoms with Gasteiger partial charge in [-0.3, -0.25) is 9.59 Å². The van der Waals surface area contributed by atoms with E-state index in [0.717, 1.165) is 5.69 Å². The first-order valence-corrected chi connectivity index (χ1v) is 7.05. The van der Waals surface area contributed by atoms with Crippen molar-refractivity contribution in [1.82, 2.24) is 20.2 Å². The van der Waals surface area contributed by atoms with Crippen LogP contribution >= 0.6 is 0 Å². The predicted molar refractivity (Wildman–Crippen MR) is 84.9 cm³/mol. The van der Waals surface area contributed by atoms with Crippen molar-refractivity contribution in [2.45, 2.75) is 6.92 Å². The van der Waals surface area contributed by atoms with E-state index in [1.54, 1.807) is 48.5 Å². The fourth-order valence-corrected chi connectivity index (χ4v) is 2.02. The molecule has 0 atom stereocenters. The average molecular weight is 323 g/mol. The van der Waals surface area contributed by atoms with Gasteiger partial charge in [-0.1, -0.05) is 0 Å². The Kier molecular flexibility index (Phi) is 4.28. The standard InChI is InChI=1S/C16H13N5O3/c1-11(22)24-15-8-2-12(3-9-15)16(23)18-13-4-6-14(7-5-13)21-10-17-19-20-21/h2-10H,1H3,(H,18,23). The molecule has 120 valence electrons. The summed E-state index contributed by atoms with van der Waals surface area (Å²) in [6, 6.07) is 13.4. The zero-order valence-electron chi connectivity index (χ0n) is 12.7. The van der Waals surface area contributed by atoms with Gasteiger partial charge in [0.2, 0.25) is 0 Å². The van der Waals surface area contributed by atoms with Gasteiger partial charge in [-0.2, -0.15) is 0 Å². The molecule has 0 saturated heterocycles. The van der Waals surface area contributed by atoms with Gasteiger partial charge in [0.15, 0.2) is 0 Å². The number of benzene rings is 2. The Labute approximate surface area is 137 Å². The third-order valence-electron chi connectivity index (χ3n) is 3.12. The minimum Gasteiger partial charge on any atom is -0.427 e. The van der Waals surface area contributed by atoms with Crippen molar-refractivity contribution in [2.24, 2.45) is 0 Å². The van der Waals surface area contributed by atoms with E-state index in [2.05, 4.69) is 20.8 Å². The number of anilines is 1. The maximum atomic E-state index is 12.2. The molecule has 1 N–H and O–H groups in total. The highest BCUT2D eigenvalue weighted by Crippen LogP contribution is 2.16. The zero-order chi connectivity index (χ0) is 16.9. The normalized spacial score (nSPS) is 10.2. The molecule has 0 aliphatic carbocycles. The summed E-state index contributed by atoms with van der Waals surface area (Å²) in [6.45, 7) is 1.32. The number of ether oxygens (including phenoxy) is 1. The lowest BCUT2D eigenvalue weighted by Crippen LogP contribution is -2.12. The Morgan fingerprint density at radius 1 is 1.04 bits per heavy atom. The molecule has 0 unspecified atom stereocenters. The van der Waals surface area contributed by atoms with Gasteiger partial charge >= 0.3 is 5.97 Å². The third-order valence-corrected chi connectivity index (χ3v) is 3.12. The van der Waals surface area contributed by atoms with E-state index in [-0.39, 0.29) is 5.91 Å². The Hall–Kier alpha value is -3.55. The molecule has 0 spiro atoms. The Bertz CT molecular complexity index is 842. The Morgan fingerprint density at radius 2 is 1.75 bits per heavy atom. The zero-order valence-corrected chi connectivity index (χ0v) is 12.7. The molecular weight excluding hydrogens is 310 g/mol. The molecule has 24 heavy (non-hydrogen) atoms. The largest absolute Gasteiger partial charge is 0.427 e. The molecule has 3 aromatic rings. The molecule has 0 radical (unpaired) electrons. The number of rotatable bonds is 4. The van der Waals surface area contributed by atoms with Gasteiger partial charge in [0, 0.05) is 18.2 Å². The van der Waals surface area contributed by atoms with E-state index in [9.17, 15) is 9.59 Å². The van der Waals surface area contributed by atoms with E-state index in [0.29, 0.717) is 17.0 Å². The van der Waals surface area contributed by atoms with E-state index in [1.165, 1.54) is 17.9 Å². The number of carbonyl (C=O) groups excluding carboxylic acids is 2. The van der Waals surface area contributed by atoms with Crippen molar-refractivity contribution < 1.29 is 14.3 Å². The molecule has 3 rings (SSSR count). The molecule has 2 aromatic carbocycles. The number of nitrogens with zero attached hydrogens (tertiary/aromatic N) is 4. The maximum Gasteiger partial charge on any atom is 0.308 e. The van der Waals surface area contributed by atoms with Gasteiger partial charge in [-0.25, -0.2) is 4.68 Å². The number of tetrazole rings is 1. The number of hydrogen-bond acceptors (Lipinski definition) is 6. The lowest BCUT2D eigenvalue weighted by atomic mass is 10.2. The van der Waals surface area contributed by atoms with Crippen molar-refractivity contribution in [2.75, 3.05) is 5.32 Å². The van der Waals surface area contributed by atoms with Crippen LogP contribution in [0.4, 0.5) is 5.69 Å². The van der Waals surface area contributed by atoms with Crippen LogP contribution in [0.2, 0.25) is 0 Å². The first kappa shape index (κ1) is 15.3. The predicted octanol–water partition coefficient (Wildman–Crippen LogP) is 1.84. The minimum atomic E-state index is -0.408. The minimum absolute atomic E-state index is 0.264. The Balaban J connectivity index is 1.67. The van der Waals surface area contributed by atoms with Crippen LogP contribution in [-0.4, -0.2) is 32.1 Å². The fraction of sp³-hybridized carbons (Fsp3) is 0.0625.